The van der Waals surface area contributed by atoms with Gasteiger partial charge in [-0.1, -0.05) is 66.7 Å². The molecule has 0 saturated heterocycles. The SMILES string of the molecule is C=CCNC(=O)NC(c1ccccc1)c1ccccc1. The Morgan fingerprint density at radius 2 is 1.50 bits per heavy atom. The van der Waals surface area contributed by atoms with E-state index in [2.05, 4.69) is 17.2 Å². The fraction of sp³-hybridized carbons (Fsp3) is 0.118. The number of hydrogen-bond donors (Lipinski definition) is 2. The summed E-state index contributed by atoms with van der Waals surface area (Å²) in [6.07, 6.45) is 1.65. The number of benzene rings is 2. The van der Waals surface area contributed by atoms with Crippen LogP contribution in [-0.2, 0) is 0 Å². The highest BCUT2D eigenvalue weighted by Gasteiger charge is 2.15. The van der Waals surface area contributed by atoms with Crippen molar-refractivity contribution in [3.63, 3.8) is 0 Å². The fourth-order valence-corrected chi connectivity index (χ4v) is 2.00. The van der Waals surface area contributed by atoms with Crippen molar-refractivity contribution in [3.05, 3.63) is 84.4 Å². The number of carbonyl (C=O) groups excluding carboxylic acids is 1. The molecule has 102 valence electrons. The lowest BCUT2D eigenvalue weighted by atomic mass is 9.99. The van der Waals surface area contributed by atoms with E-state index in [4.69, 9.17) is 0 Å². The molecule has 0 fully saturated rings. The van der Waals surface area contributed by atoms with Gasteiger partial charge in [-0.05, 0) is 11.1 Å². The molecule has 2 amide bonds. The Morgan fingerprint density at radius 1 is 1.00 bits per heavy atom. The Morgan fingerprint density at radius 3 is 1.95 bits per heavy atom. The number of amides is 2. The third kappa shape index (κ3) is 3.72. The van der Waals surface area contributed by atoms with E-state index in [0.29, 0.717) is 6.54 Å². The molecule has 2 aromatic rings. The summed E-state index contributed by atoms with van der Waals surface area (Å²) in [5, 5.41) is 5.72. The van der Waals surface area contributed by atoms with Crippen molar-refractivity contribution < 1.29 is 4.79 Å². The Balaban J connectivity index is 2.21. The van der Waals surface area contributed by atoms with E-state index in [1.165, 1.54) is 0 Å². The molecule has 20 heavy (non-hydrogen) atoms. The molecule has 0 bridgehead atoms. The number of nitrogens with one attached hydrogen (secondary N) is 2. The average molecular weight is 266 g/mol. The zero-order chi connectivity index (χ0) is 14.2. The molecule has 0 aliphatic rings. The minimum Gasteiger partial charge on any atom is -0.335 e. The van der Waals surface area contributed by atoms with Gasteiger partial charge in [-0.3, -0.25) is 0 Å². The van der Waals surface area contributed by atoms with Crippen molar-refractivity contribution in [1.29, 1.82) is 0 Å². The van der Waals surface area contributed by atoms with Gasteiger partial charge >= 0.3 is 6.03 Å². The summed E-state index contributed by atoms with van der Waals surface area (Å²) in [7, 11) is 0. The molecule has 0 spiro atoms. The van der Waals surface area contributed by atoms with Gasteiger partial charge in [-0.25, -0.2) is 4.79 Å². The second kappa shape index (κ2) is 7.14. The summed E-state index contributed by atoms with van der Waals surface area (Å²) in [4.78, 5) is 11.9. The maximum absolute atomic E-state index is 11.9. The van der Waals surface area contributed by atoms with Gasteiger partial charge in [0.25, 0.3) is 0 Å². The second-order valence-corrected chi connectivity index (χ2v) is 4.40. The molecule has 0 heterocycles. The summed E-state index contributed by atoms with van der Waals surface area (Å²) >= 11 is 0. The first-order chi connectivity index (χ1) is 9.81. The van der Waals surface area contributed by atoms with Crippen LogP contribution in [0.4, 0.5) is 4.79 Å². The molecule has 0 atom stereocenters. The third-order valence-corrected chi connectivity index (χ3v) is 2.95. The van der Waals surface area contributed by atoms with Crippen LogP contribution in [0.2, 0.25) is 0 Å². The molecule has 2 rings (SSSR count). The summed E-state index contributed by atoms with van der Waals surface area (Å²) in [6.45, 7) is 4.03. The van der Waals surface area contributed by atoms with E-state index >= 15 is 0 Å². The van der Waals surface area contributed by atoms with Gasteiger partial charge in [0, 0.05) is 6.54 Å². The second-order valence-electron chi connectivity index (χ2n) is 4.40. The van der Waals surface area contributed by atoms with Crippen molar-refractivity contribution in [2.75, 3.05) is 6.54 Å². The van der Waals surface area contributed by atoms with Gasteiger partial charge in [0.05, 0.1) is 6.04 Å². The van der Waals surface area contributed by atoms with Gasteiger partial charge in [0.2, 0.25) is 0 Å². The number of urea groups is 1. The molecule has 0 aliphatic carbocycles. The molecule has 0 aliphatic heterocycles. The Labute approximate surface area is 119 Å². The summed E-state index contributed by atoms with van der Waals surface area (Å²) in [5.41, 5.74) is 2.10. The van der Waals surface area contributed by atoms with Crippen molar-refractivity contribution in [3.8, 4) is 0 Å². The number of carbonyl (C=O) groups is 1. The zero-order valence-corrected chi connectivity index (χ0v) is 11.3. The Hall–Kier alpha value is -2.55. The first-order valence-electron chi connectivity index (χ1n) is 6.56. The molecule has 2 aromatic carbocycles. The summed E-state index contributed by atoms with van der Waals surface area (Å²) in [5.74, 6) is 0. The first-order valence-corrected chi connectivity index (χ1v) is 6.56. The van der Waals surface area contributed by atoms with Crippen LogP contribution < -0.4 is 10.6 Å². The average Bonchev–Trinajstić information content (AvgIpc) is 2.52. The Bertz CT molecular complexity index is 512. The van der Waals surface area contributed by atoms with E-state index in [9.17, 15) is 4.79 Å². The topological polar surface area (TPSA) is 41.1 Å². The van der Waals surface area contributed by atoms with Crippen LogP contribution in [0.25, 0.3) is 0 Å². The maximum atomic E-state index is 11.9. The van der Waals surface area contributed by atoms with Crippen molar-refractivity contribution in [2.45, 2.75) is 6.04 Å². The van der Waals surface area contributed by atoms with E-state index in [0.717, 1.165) is 11.1 Å². The lowest BCUT2D eigenvalue weighted by Gasteiger charge is -2.20. The van der Waals surface area contributed by atoms with Crippen LogP contribution in [0.5, 0.6) is 0 Å². The van der Waals surface area contributed by atoms with Gasteiger partial charge in [-0.15, -0.1) is 6.58 Å². The van der Waals surface area contributed by atoms with Gasteiger partial charge in [0.15, 0.2) is 0 Å². The quantitative estimate of drug-likeness (QED) is 0.801. The van der Waals surface area contributed by atoms with Crippen LogP contribution >= 0.6 is 0 Å². The minimum absolute atomic E-state index is 0.165. The van der Waals surface area contributed by atoms with E-state index in [1.807, 2.05) is 60.7 Å². The summed E-state index contributed by atoms with van der Waals surface area (Å²) in [6, 6.07) is 19.4. The van der Waals surface area contributed by atoms with Crippen LogP contribution in [-0.4, -0.2) is 12.6 Å². The highest BCUT2D eigenvalue weighted by molar-refractivity contribution is 5.75. The van der Waals surface area contributed by atoms with E-state index < -0.39 is 0 Å². The van der Waals surface area contributed by atoms with Gasteiger partial charge in [0.1, 0.15) is 0 Å². The highest BCUT2D eigenvalue weighted by Crippen LogP contribution is 2.21. The molecule has 2 N–H and O–H groups in total. The maximum Gasteiger partial charge on any atom is 0.315 e. The van der Waals surface area contributed by atoms with Crippen molar-refractivity contribution >= 4 is 6.03 Å². The van der Waals surface area contributed by atoms with Gasteiger partial charge < -0.3 is 10.6 Å². The minimum atomic E-state index is -0.206. The van der Waals surface area contributed by atoms with E-state index in [1.54, 1.807) is 6.08 Å². The number of rotatable bonds is 5. The monoisotopic (exact) mass is 266 g/mol. The van der Waals surface area contributed by atoms with Gasteiger partial charge in [-0.2, -0.15) is 0 Å². The summed E-state index contributed by atoms with van der Waals surface area (Å²) < 4.78 is 0. The molecule has 3 heteroatoms. The first kappa shape index (κ1) is 13.9. The van der Waals surface area contributed by atoms with Crippen LogP contribution in [0, 0.1) is 0 Å². The normalized spacial score (nSPS) is 10.1. The number of hydrogen-bond acceptors (Lipinski definition) is 1. The molecule has 0 aromatic heterocycles. The van der Waals surface area contributed by atoms with Crippen LogP contribution in [0.3, 0.4) is 0 Å². The molecule has 0 radical (unpaired) electrons. The van der Waals surface area contributed by atoms with Crippen molar-refractivity contribution in [1.82, 2.24) is 10.6 Å². The lowest BCUT2D eigenvalue weighted by Crippen LogP contribution is -2.38. The van der Waals surface area contributed by atoms with Crippen molar-refractivity contribution in [2.24, 2.45) is 0 Å². The van der Waals surface area contributed by atoms with E-state index in [-0.39, 0.29) is 12.1 Å². The smallest absolute Gasteiger partial charge is 0.315 e. The zero-order valence-electron chi connectivity index (χ0n) is 11.3. The van der Waals surface area contributed by atoms with Crippen LogP contribution in [0.15, 0.2) is 73.3 Å². The predicted molar refractivity (Wildman–Crippen MR) is 81.5 cm³/mol. The fourth-order valence-electron chi connectivity index (χ4n) is 2.00. The largest absolute Gasteiger partial charge is 0.335 e. The molecular formula is C17H18N2O. The predicted octanol–water partition coefficient (Wildman–Crippen LogP) is 3.26. The molecule has 0 unspecified atom stereocenters. The third-order valence-electron chi connectivity index (χ3n) is 2.95. The molecular weight excluding hydrogens is 248 g/mol. The molecule has 3 nitrogen and oxygen atoms in total. The van der Waals surface area contributed by atoms with Crippen LogP contribution in [0.1, 0.15) is 17.2 Å². The highest BCUT2D eigenvalue weighted by atomic mass is 16.2. The Kier molecular flexibility index (Phi) is 4.95. The standard InChI is InChI=1S/C17H18N2O/c1-2-13-18-17(20)19-16(14-9-5-3-6-10-14)15-11-7-4-8-12-15/h2-12,16H,1,13H2,(H2,18,19,20). The molecule has 0 saturated carbocycles. The lowest BCUT2D eigenvalue weighted by molar-refractivity contribution is 0.239.